The molecule has 2 rings (SSSR count). The number of nitrogens with zero attached hydrogens (tertiary/aromatic N) is 2. The van der Waals surface area contributed by atoms with Crippen molar-refractivity contribution in [2.24, 2.45) is 0 Å². The zero-order valence-corrected chi connectivity index (χ0v) is 13.3. The summed E-state index contributed by atoms with van der Waals surface area (Å²) in [6.07, 6.45) is 5.42. The van der Waals surface area contributed by atoms with Gasteiger partial charge in [0.15, 0.2) is 0 Å². The highest BCUT2D eigenvalue weighted by atomic mass is 16.6. The minimum atomic E-state index is -0.453. The predicted octanol–water partition coefficient (Wildman–Crippen LogP) is 2.78. The topological polar surface area (TPSA) is 82.2 Å². The molecular weight excluding hydrogens is 268 g/mol. The molecule has 0 spiro atoms. The van der Waals surface area contributed by atoms with Crippen LogP contribution in [0, 0.1) is 6.92 Å². The van der Waals surface area contributed by atoms with Gasteiger partial charge in [-0.15, -0.1) is 0 Å². The van der Waals surface area contributed by atoms with E-state index in [-0.39, 0.29) is 12.1 Å². The van der Waals surface area contributed by atoms with Crippen molar-refractivity contribution in [1.29, 1.82) is 0 Å². The van der Waals surface area contributed by atoms with Gasteiger partial charge in [-0.05, 0) is 53.4 Å². The molecule has 1 saturated carbocycles. The minimum absolute atomic E-state index is 0.185. The molecule has 6 heteroatoms. The number of nitrogens with two attached hydrogens (primary N) is 1. The number of carbonyl (C=O) groups is 1. The number of nitrogens with one attached hydrogen (secondary N) is 1. The number of hydrogen-bond acceptors (Lipinski definition) is 4. The van der Waals surface area contributed by atoms with Crippen LogP contribution in [0.3, 0.4) is 0 Å². The van der Waals surface area contributed by atoms with Crippen LogP contribution >= 0.6 is 0 Å². The van der Waals surface area contributed by atoms with E-state index in [1.54, 1.807) is 0 Å². The molecule has 0 bridgehead atoms. The fraction of sp³-hybridized carbons (Fsp3) is 0.733. The van der Waals surface area contributed by atoms with Gasteiger partial charge in [0.1, 0.15) is 5.60 Å². The lowest BCUT2D eigenvalue weighted by Crippen LogP contribution is -2.41. The smallest absolute Gasteiger partial charge is 0.407 e. The molecule has 0 atom stereocenters. The number of alkyl carbamates (subject to hydrolysis) is 1. The van der Waals surface area contributed by atoms with E-state index in [9.17, 15) is 4.79 Å². The van der Waals surface area contributed by atoms with Gasteiger partial charge in [-0.25, -0.2) is 4.79 Å². The van der Waals surface area contributed by atoms with Crippen LogP contribution in [0.5, 0.6) is 0 Å². The van der Waals surface area contributed by atoms with Crippen molar-refractivity contribution in [3.05, 3.63) is 11.9 Å². The Morgan fingerprint density at radius 2 is 2.00 bits per heavy atom. The van der Waals surface area contributed by atoms with E-state index in [1.165, 1.54) is 0 Å². The number of ether oxygens (including phenoxy) is 1. The number of nitrogen functional groups attached to an aromatic ring is 1. The van der Waals surface area contributed by atoms with E-state index < -0.39 is 5.60 Å². The molecule has 0 aromatic carbocycles. The SMILES string of the molecule is Cc1nn([C@H]2CC[C@@H](NC(=O)OC(C)(C)C)CC2)cc1N. The van der Waals surface area contributed by atoms with Crippen LogP contribution in [-0.2, 0) is 4.74 Å². The zero-order valence-electron chi connectivity index (χ0n) is 13.3. The van der Waals surface area contributed by atoms with E-state index in [4.69, 9.17) is 10.5 Å². The molecule has 3 N–H and O–H groups in total. The summed E-state index contributed by atoms with van der Waals surface area (Å²) < 4.78 is 7.25. The zero-order chi connectivity index (χ0) is 15.6. The van der Waals surface area contributed by atoms with Gasteiger partial charge in [0.05, 0.1) is 17.4 Å². The molecule has 1 aromatic rings. The Kier molecular flexibility index (Phi) is 4.44. The van der Waals surface area contributed by atoms with Gasteiger partial charge in [-0.3, -0.25) is 4.68 Å². The highest BCUT2D eigenvalue weighted by Gasteiger charge is 2.26. The molecule has 1 aromatic heterocycles. The summed E-state index contributed by atoms with van der Waals surface area (Å²) in [4.78, 5) is 11.8. The first-order valence-electron chi connectivity index (χ1n) is 7.55. The Morgan fingerprint density at radius 3 is 2.48 bits per heavy atom. The Bertz CT molecular complexity index is 477. The molecule has 1 fully saturated rings. The molecule has 1 aliphatic carbocycles. The number of rotatable bonds is 2. The fourth-order valence-corrected chi connectivity index (χ4v) is 2.64. The summed E-state index contributed by atoms with van der Waals surface area (Å²) >= 11 is 0. The van der Waals surface area contributed by atoms with E-state index in [0.717, 1.165) is 37.1 Å². The van der Waals surface area contributed by atoms with E-state index in [2.05, 4.69) is 10.4 Å². The van der Waals surface area contributed by atoms with E-state index in [1.807, 2.05) is 38.6 Å². The van der Waals surface area contributed by atoms with Gasteiger partial charge in [0.25, 0.3) is 0 Å². The van der Waals surface area contributed by atoms with Crippen molar-refractivity contribution >= 4 is 11.8 Å². The van der Waals surface area contributed by atoms with E-state index >= 15 is 0 Å². The Hall–Kier alpha value is -1.72. The maximum atomic E-state index is 11.8. The van der Waals surface area contributed by atoms with Crippen LogP contribution in [0.4, 0.5) is 10.5 Å². The maximum Gasteiger partial charge on any atom is 0.407 e. The summed E-state index contributed by atoms with van der Waals surface area (Å²) in [6.45, 7) is 7.53. The first-order valence-corrected chi connectivity index (χ1v) is 7.55. The summed E-state index contributed by atoms with van der Waals surface area (Å²) in [5, 5.41) is 7.40. The molecule has 0 unspecified atom stereocenters. The van der Waals surface area contributed by atoms with Crippen molar-refractivity contribution in [3.8, 4) is 0 Å². The van der Waals surface area contributed by atoms with Gasteiger partial charge in [-0.2, -0.15) is 5.10 Å². The van der Waals surface area contributed by atoms with Crippen LogP contribution in [0.2, 0.25) is 0 Å². The monoisotopic (exact) mass is 294 g/mol. The Balaban J connectivity index is 1.82. The molecule has 21 heavy (non-hydrogen) atoms. The van der Waals surface area contributed by atoms with Crippen molar-refractivity contribution in [2.45, 2.75) is 71.1 Å². The van der Waals surface area contributed by atoms with Crippen LogP contribution in [0.1, 0.15) is 58.2 Å². The molecule has 0 aliphatic heterocycles. The largest absolute Gasteiger partial charge is 0.444 e. The molecule has 1 amide bonds. The van der Waals surface area contributed by atoms with Gasteiger partial charge >= 0.3 is 6.09 Å². The molecule has 1 heterocycles. The average Bonchev–Trinajstić information content (AvgIpc) is 2.68. The minimum Gasteiger partial charge on any atom is -0.444 e. The van der Waals surface area contributed by atoms with Crippen LogP contribution in [0.25, 0.3) is 0 Å². The number of aromatic nitrogens is 2. The summed E-state index contributed by atoms with van der Waals surface area (Å²) in [5.74, 6) is 0. The Labute approximate surface area is 126 Å². The van der Waals surface area contributed by atoms with Crippen molar-refractivity contribution < 1.29 is 9.53 Å². The lowest BCUT2D eigenvalue weighted by molar-refractivity contribution is 0.0487. The first-order chi connectivity index (χ1) is 9.74. The third-order valence-electron chi connectivity index (χ3n) is 3.75. The number of hydrogen-bond donors (Lipinski definition) is 2. The van der Waals surface area contributed by atoms with Gasteiger partial charge in [0, 0.05) is 12.2 Å². The van der Waals surface area contributed by atoms with E-state index in [0.29, 0.717) is 6.04 Å². The quantitative estimate of drug-likeness (QED) is 0.878. The summed E-state index contributed by atoms with van der Waals surface area (Å²) in [5.41, 5.74) is 7.01. The first kappa shape index (κ1) is 15.7. The lowest BCUT2D eigenvalue weighted by atomic mass is 9.91. The van der Waals surface area contributed by atoms with Crippen molar-refractivity contribution in [3.63, 3.8) is 0 Å². The van der Waals surface area contributed by atoms with Gasteiger partial charge < -0.3 is 15.8 Å². The normalized spacial score (nSPS) is 22.9. The number of anilines is 1. The van der Waals surface area contributed by atoms with Gasteiger partial charge in [0.2, 0.25) is 0 Å². The summed E-state index contributed by atoms with van der Waals surface area (Å²) in [6, 6.07) is 0.558. The highest BCUT2D eigenvalue weighted by molar-refractivity contribution is 5.68. The molecule has 0 saturated heterocycles. The second kappa shape index (κ2) is 5.95. The predicted molar refractivity (Wildman–Crippen MR) is 82.0 cm³/mol. The number of aryl methyl sites for hydroxylation is 1. The van der Waals surface area contributed by atoms with Crippen molar-refractivity contribution in [2.75, 3.05) is 5.73 Å². The lowest BCUT2D eigenvalue weighted by Gasteiger charge is -2.30. The van der Waals surface area contributed by atoms with Gasteiger partial charge in [-0.1, -0.05) is 0 Å². The maximum absolute atomic E-state index is 11.8. The number of amides is 1. The third kappa shape index (κ3) is 4.37. The molecule has 118 valence electrons. The fourth-order valence-electron chi connectivity index (χ4n) is 2.64. The molecule has 6 nitrogen and oxygen atoms in total. The second-order valence-corrected chi connectivity index (χ2v) is 6.80. The standard InChI is InChI=1S/C15H26N4O2/c1-10-13(16)9-19(18-10)12-7-5-11(6-8-12)17-14(20)21-15(2,3)4/h9,11-12H,5-8,16H2,1-4H3,(H,17,20)/t11-,12+. The molecular formula is C15H26N4O2. The van der Waals surface area contributed by atoms with Crippen molar-refractivity contribution in [1.82, 2.24) is 15.1 Å². The summed E-state index contributed by atoms with van der Waals surface area (Å²) in [7, 11) is 0. The molecule has 1 aliphatic rings. The van der Waals surface area contributed by atoms with Crippen LogP contribution in [-0.4, -0.2) is 27.5 Å². The molecule has 0 radical (unpaired) electrons. The van der Waals surface area contributed by atoms with Crippen LogP contribution in [0.15, 0.2) is 6.20 Å². The average molecular weight is 294 g/mol. The Morgan fingerprint density at radius 1 is 1.38 bits per heavy atom. The van der Waals surface area contributed by atoms with Crippen LogP contribution < -0.4 is 11.1 Å². The third-order valence-corrected chi connectivity index (χ3v) is 3.75. The highest BCUT2D eigenvalue weighted by Crippen LogP contribution is 2.29. The number of carbonyl (C=O) groups excluding carboxylic acids is 1. The second-order valence-electron chi connectivity index (χ2n) is 6.80.